The standard InChI is InChI=1S/C22H23NO4/c24-21(18-10-6-11-20(13-18)27-25)15-23-14-19-9-4-5-12-22(19)26-16-17-7-2-1-3-8-17/h1-13,21,23-25H,14-16H2/t21-/m0/s1. The normalized spacial score (nSPS) is 11.8. The summed E-state index contributed by atoms with van der Waals surface area (Å²) in [6.07, 6.45) is -0.711. The lowest BCUT2D eigenvalue weighted by atomic mass is 10.1. The maximum Gasteiger partial charge on any atom is 0.165 e. The molecule has 3 rings (SSSR count). The van der Waals surface area contributed by atoms with Crippen LogP contribution < -0.4 is 14.9 Å². The summed E-state index contributed by atoms with van der Waals surface area (Å²) in [6.45, 7) is 1.44. The van der Waals surface area contributed by atoms with Gasteiger partial charge in [-0.05, 0) is 29.3 Å². The van der Waals surface area contributed by atoms with Crippen molar-refractivity contribution in [2.24, 2.45) is 0 Å². The largest absolute Gasteiger partial charge is 0.489 e. The first-order chi connectivity index (χ1) is 13.3. The van der Waals surface area contributed by atoms with Crippen molar-refractivity contribution in [3.8, 4) is 11.5 Å². The first-order valence-electron chi connectivity index (χ1n) is 8.81. The lowest BCUT2D eigenvalue weighted by Gasteiger charge is -2.15. The van der Waals surface area contributed by atoms with Crippen LogP contribution >= 0.6 is 0 Å². The van der Waals surface area contributed by atoms with E-state index in [1.165, 1.54) is 0 Å². The van der Waals surface area contributed by atoms with Crippen LogP contribution in [0.25, 0.3) is 0 Å². The van der Waals surface area contributed by atoms with Gasteiger partial charge in [-0.25, -0.2) is 5.26 Å². The van der Waals surface area contributed by atoms with E-state index in [-0.39, 0.29) is 0 Å². The third-order valence-corrected chi connectivity index (χ3v) is 4.21. The number of aliphatic hydroxyl groups is 1. The molecule has 27 heavy (non-hydrogen) atoms. The first-order valence-corrected chi connectivity index (χ1v) is 8.81. The molecule has 0 bridgehead atoms. The van der Waals surface area contributed by atoms with Crippen LogP contribution in [0.1, 0.15) is 22.8 Å². The monoisotopic (exact) mass is 365 g/mol. The van der Waals surface area contributed by atoms with E-state index in [0.717, 1.165) is 16.9 Å². The summed E-state index contributed by atoms with van der Waals surface area (Å²) in [7, 11) is 0. The van der Waals surface area contributed by atoms with Crippen LogP contribution in [0, 0.1) is 0 Å². The maximum atomic E-state index is 10.3. The Kier molecular flexibility index (Phi) is 6.82. The molecule has 3 N–H and O–H groups in total. The van der Waals surface area contributed by atoms with E-state index >= 15 is 0 Å². The summed E-state index contributed by atoms with van der Waals surface area (Å²) in [6, 6.07) is 24.6. The molecule has 5 nitrogen and oxygen atoms in total. The highest BCUT2D eigenvalue weighted by Crippen LogP contribution is 2.21. The Morgan fingerprint density at radius 2 is 1.67 bits per heavy atom. The number of nitrogens with one attached hydrogen (secondary N) is 1. The molecule has 0 aromatic heterocycles. The molecule has 0 saturated carbocycles. The summed E-state index contributed by atoms with van der Waals surface area (Å²) in [4.78, 5) is 4.21. The predicted octanol–water partition coefficient (Wildman–Crippen LogP) is 3.94. The van der Waals surface area contributed by atoms with Gasteiger partial charge in [0.15, 0.2) is 5.75 Å². The van der Waals surface area contributed by atoms with Gasteiger partial charge in [0, 0.05) is 18.7 Å². The van der Waals surface area contributed by atoms with Crippen molar-refractivity contribution in [1.29, 1.82) is 0 Å². The molecule has 140 valence electrons. The summed E-state index contributed by atoms with van der Waals surface area (Å²) in [5.74, 6) is 1.12. The lowest BCUT2D eigenvalue weighted by molar-refractivity contribution is -0.137. The Balaban J connectivity index is 1.54. The molecule has 5 heteroatoms. The van der Waals surface area contributed by atoms with Crippen molar-refractivity contribution in [3.05, 3.63) is 95.6 Å². The molecule has 0 spiro atoms. The van der Waals surface area contributed by atoms with Crippen molar-refractivity contribution in [2.75, 3.05) is 6.54 Å². The fourth-order valence-electron chi connectivity index (χ4n) is 2.77. The second-order valence-electron chi connectivity index (χ2n) is 6.19. The number of hydrogen-bond donors (Lipinski definition) is 3. The zero-order valence-corrected chi connectivity index (χ0v) is 14.9. The molecule has 3 aromatic carbocycles. The molecule has 0 aliphatic carbocycles. The Labute approximate surface area is 158 Å². The molecular weight excluding hydrogens is 342 g/mol. The van der Waals surface area contributed by atoms with Crippen molar-refractivity contribution in [2.45, 2.75) is 19.3 Å². The highest BCUT2D eigenvalue weighted by atomic mass is 17.1. The smallest absolute Gasteiger partial charge is 0.165 e. The molecule has 0 amide bonds. The Morgan fingerprint density at radius 1 is 0.889 bits per heavy atom. The SMILES string of the molecule is OOc1cccc([C@@H](O)CNCc2ccccc2OCc2ccccc2)c1. The highest BCUT2D eigenvalue weighted by molar-refractivity contribution is 5.34. The first kappa shape index (κ1) is 18.9. The van der Waals surface area contributed by atoms with Gasteiger partial charge in [-0.3, -0.25) is 0 Å². The predicted molar refractivity (Wildman–Crippen MR) is 104 cm³/mol. The molecule has 0 aliphatic heterocycles. The number of para-hydroxylation sites is 1. The third-order valence-electron chi connectivity index (χ3n) is 4.21. The van der Waals surface area contributed by atoms with Gasteiger partial charge >= 0.3 is 0 Å². The summed E-state index contributed by atoms with van der Waals surface area (Å²) in [5.41, 5.74) is 2.80. The molecular formula is C22H23NO4. The van der Waals surface area contributed by atoms with Gasteiger partial charge in [0.2, 0.25) is 0 Å². The van der Waals surface area contributed by atoms with Crippen LogP contribution in [0.4, 0.5) is 0 Å². The number of hydrogen-bond acceptors (Lipinski definition) is 5. The Bertz CT molecular complexity index is 838. The molecule has 0 unspecified atom stereocenters. The second-order valence-corrected chi connectivity index (χ2v) is 6.19. The number of ether oxygens (including phenoxy) is 1. The molecule has 0 aliphatic rings. The van der Waals surface area contributed by atoms with Crippen molar-refractivity contribution < 1.29 is 20.0 Å². The van der Waals surface area contributed by atoms with Crippen LogP contribution in [0.3, 0.4) is 0 Å². The van der Waals surface area contributed by atoms with Gasteiger partial charge < -0.3 is 20.0 Å². The minimum atomic E-state index is -0.711. The lowest BCUT2D eigenvalue weighted by Crippen LogP contribution is -2.21. The van der Waals surface area contributed by atoms with Gasteiger partial charge in [-0.15, -0.1) is 0 Å². The zero-order chi connectivity index (χ0) is 18.9. The van der Waals surface area contributed by atoms with E-state index in [4.69, 9.17) is 9.99 Å². The van der Waals surface area contributed by atoms with E-state index in [9.17, 15) is 5.11 Å². The van der Waals surface area contributed by atoms with Crippen LogP contribution in [0.15, 0.2) is 78.9 Å². The number of aliphatic hydroxyl groups excluding tert-OH is 1. The van der Waals surface area contributed by atoms with E-state index in [2.05, 4.69) is 10.2 Å². The minimum Gasteiger partial charge on any atom is -0.489 e. The summed E-state index contributed by atoms with van der Waals surface area (Å²) < 4.78 is 5.95. The topological polar surface area (TPSA) is 71.0 Å². The Hall–Kier alpha value is -2.86. The molecule has 0 heterocycles. The van der Waals surface area contributed by atoms with Gasteiger partial charge in [0.05, 0.1) is 6.10 Å². The van der Waals surface area contributed by atoms with E-state index in [0.29, 0.717) is 31.0 Å². The average molecular weight is 365 g/mol. The van der Waals surface area contributed by atoms with Gasteiger partial charge in [-0.1, -0.05) is 60.7 Å². The maximum absolute atomic E-state index is 10.3. The summed E-state index contributed by atoms with van der Waals surface area (Å²) >= 11 is 0. The average Bonchev–Trinajstić information content (AvgIpc) is 2.73. The fourth-order valence-corrected chi connectivity index (χ4v) is 2.77. The van der Waals surface area contributed by atoms with Crippen molar-refractivity contribution >= 4 is 0 Å². The van der Waals surface area contributed by atoms with Crippen LogP contribution in [0.2, 0.25) is 0 Å². The van der Waals surface area contributed by atoms with Crippen LogP contribution in [0.5, 0.6) is 11.5 Å². The van der Waals surface area contributed by atoms with Crippen molar-refractivity contribution in [1.82, 2.24) is 5.32 Å². The molecule has 0 saturated heterocycles. The number of benzene rings is 3. The zero-order valence-electron chi connectivity index (χ0n) is 14.9. The third kappa shape index (κ3) is 5.56. The fraction of sp³-hybridized carbons (Fsp3) is 0.182. The van der Waals surface area contributed by atoms with Crippen molar-refractivity contribution in [3.63, 3.8) is 0 Å². The van der Waals surface area contributed by atoms with Gasteiger partial charge in [0.25, 0.3) is 0 Å². The van der Waals surface area contributed by atoms with E-state index < -0.39 is 6.10 Å². The molecule has 3 aromatic rings. The Morgan fingerprint density at radius 3 is 2.48 bits per heavy atom. The summed E-state index contributed by atoms with van der Waals surface area (Å²) in [5, 5.41) is 22.3. The molecule has 0 fully saturated rings. The highest BCUT2D eigenvalue weighted by Gasteiger charge is 2.09. The quantitative estimate of drug-likeness (QED) is 0.396. The number of rotatable bonds is 9. The van der Waals surface area contributed by atoms with Gasteiger partial charge in [-0.2, -0.15) is 0 Å². The van der Waals surface area contributed by atoms with Gasteiger partial charge in [0.1, 0.15) is 12.4 Å². The van der Waals surface area contributed by atoms with E-state index in [1.807, 2.05) is 54.6 Å². The minimum absolute atomic E-state index is 0.297. The molecule has 1 atom stereocenters. The molecule has 0 radical (unpaired) electrons. The van der Waals surface area contributed by atoms with Crippen LogP contribution in [-0.4, -0.2) is 16.9 Å². The van der Waals surface area contributed by atoms with Crippen LogP contribution in [-0.2, 0) is 13.2 Å². The van der Waals surface area contributed by atoms with E-state index in [1.54, 1.807) is 24.3 Å². The second kappa shape index (κ2) is 9.73.